The summed E-state index contributed by atoms with van der Waals surface area (Å²) in [6, 6.07) is 0.851. The Hall–Kier alpha value is -1.56. The van der Waals surface area contributed by atoms with E-state index in [1.54, 1.807) is 13.1 Å². The minimum atomic E-state index is -4.45. The third-order valence-corrected chi connectivity index (χ3v) is 2.48. The van der Waals surface area contributed by atoms with E-state index < -0.39 is 11.7 Å². The maximum atomic E-state index is 12.4. The number of imidazole rings is 1. The molecule has 0 amide bonds. The highest BCUT2D eigenvalue weighted by molar-refractivity contribution is 6.32. The molecule has 0 saturated carbocycles. The molecule has 17 heavy (non-hydrogen) atoms. The second-order valence-corrected chi connectivity index (χ2v) is 3.84. The van der Waals surface area contributed by atoms with Crippen LogP contribution in [0.5, 0.6) is 0 Å². The second-order valence-electron chi connectivity index (χ2n) is 3.43. The second kappa shape index (κ2) is 4.03. The Labute approximate surface area is 99.9 Å². The Bertz CT molecular complexity index is 548. The molecule has 0 fully saturated rings. The third kappa shape index (κ3) is 2.26. The highest BCUT2D eigenvalue weighted by atomic mass is 35.5. The molecule has 0 N–H and O–H groups in total. The summed E-state index contributed by atoms with van der Waals surface area (Å²) in [5.41, 5.74) is -0.136. The normalized spacial score (nSPS) is 11.8. The Morgan fingerprint density at radius 1 is 1.29 bits per heavy atom. The molecule has 0 aromatic carbocycles. The van der Waals surface area contributed by atoms with E-state index in [1.165, 1.54) is 10.9 Å². The summed E-state index contributed by atoms with van der Waals surface area (Å²) in [5, 5.41) is -0.0686. The highest BCUT2D eigenvalue weighted by Gasteiger charge is 2.31. The topological polar surface area (TPSA) is 30.7 Å². The quantitative estimate of drug-likeness (QED) is 0.789. The van der Waals surface area contributed by atoms with Crippen LogP contribution in [0, 0.1) is 6.92 Å². The molecule has 2 aromatic heterocycles. The number of rotatable bonds is 1. The van der Waals surface area contributed by atoms with Crippen LogP contribution in [0.4, 0.5) is 13.2 Å². The van der Waals surface area contributed by atoms with Crippen molar-refractivity contribution in [2.24, 2.45) is 0 Å². The summed E-state index contributed by atoms with van der Waals surface area (Å²) in [6.45, 7) is 1.75. The van der Waals surface area contributed by atoms with E-state index in [-0.39, 0.29) is 10.8 Å². The van der Waals surface area contributed by atoms with Crippen LogP contribution in [0.1, 0.15) is 11.3 Å². The standard InChI is InChI=1S/C10H7ClF3N3/c1-6-3-15-5-17(6)9-8(11)2-7(4-16-9)10(12,13)14/h2-5H,1H3. The van der Waals surface area contributed by atoms with Crippen LogP contribution in [0.2, 0.25) is 5.02 Å². The molecule has 0 saturated heterocycles. The van der Waals surface area contributed by atoms with Gasteiger partial charge in [0, 0.05) is 18.1 Å². The molecule has 7 heteroatoms. The lowest BCUT2D eigenvalue weighted by Gasteiger charge is -2.10. The van der Waals surface area contributed by atoms with Crippen LogP contribution in [0.3, 0.4) is 0 Å². The van der Waals surface area contributed by atoms with Crippen molar-refractivity contribution >= 4 is 11.6 Å². The molecule has 0 bridgehead atoms. The van der Waals surface area contributed by atoms with Crippen molar-refractivity contribution < 1.29 is 13.2 Å². The lowest BCUT2D eigenvalue weighted by molar-refractivity contribution is -0.137. The van der Waals surface area contributed by atoms with Gasteiger partial charge in [0.05, 0.1) is 10.6 Å². The minimum Gasteiger partial charge on any atom is -0.286 e. The summed E-state index contributed by atoms with van der Waals surface area (Å²) in [6.07, 6.45) is -0.688. The number of hydrogen-bond acceptors (Lipinski definition) is 2. The molecule has 2 heterocycles. The Kier molecular flexibility index (Phi) is 2.82. The van der Waals surface area contributed by atoms with Crippen molar-refractivity contribution in [1.82, 2.24) is 14.5 Å². The summed E-state index contributed by atoms with van der Waals surface area (Å²) < 4.78 is 38.7. The molecule has 0 aliphatic rings. The maximum absolute atomic E-state index is 12.4. The number of aromatic nitrogens is 3. The lowest BCUT2D eigenvalue weighted by atomic mass is 10.3. The predicted octanol–water partition coefficient (Wildman–Crippen LogP) is 3.25. The van der Waals surface area contributed by atoms with Gasteiger partial charge in [0.15, 0.2) is 5.82 Å². The molecule has 2 aromatic rings. The van der Waals surface area contributed by atoms with E-state index >= 15 is 0 Å². The number of hydrogen-bond donors (Lipinski definition) is 0. The Morgan fingerprint density at radius 3 is 2.47 bits per heavy atom. The van der Waals surface area contributed by atoms with Gasteiger partial charge < -0.3 is 0 Å². The molecule has 90 valence electrons. The molecule has 0 unspecified atom stereocenters. The van der Waals surface area contributed by atoms with Gasteiger partial charge in [-0.15, -0.1) is 0 Å². The summed E-state index contributed by atoms with van der Waals surface area (Å²) in [5.74, 6) is 0.231. The average molecular weight is 262 g/mol. The van der Waals surface area contributed by atoms with Crippen LogP contribution in [0.25, 0.3) is 5.82 Å². The number of alkyl halides is 3. The molecule has 3 nitrogen and oxygen atoms in total. The zero-order valence-electron chi connectivity index (χ0n) is 8.66. The van der Waals surface area contributed by atoms with Crippen LogP contribution in [-0.4, -0.2) is 14.5 Å². The molecular weight excluding hydrogens is 255 g/mol. The molecule has 0 spiro atoms. The van der Waals surface area contributed by atoms with Crippen molar-refractivity contribution in [3.8, 4) is 5.82 Å². The van der Waals surface area contributed by atoms with Crippen LogP contribution >= 0.6 is 11.6 Å². The van der Waals surface area contributed by atoms with Crippen LogP contribution in [0.15, 0.2) is 24.8 Å². The first-order valence-corrected chi connectivity index (χ1v) is 4.99. The molecule has 2 rings (SSSR count). The van der Waals surface area contributed by atoms with Gasteiger partial charge in [0.2, 0.25) is 0 Å². The van der Waals surface area contributed by atoms with Crippen molar-refractivity contribution in [3.05, 3.63) is 41.1 Å². The Balaban J connectivity index is 2.50. The van der Waals surface area contributed by atoms with Gasteiger partial charge in [-0.1, -0.05) is 11.6 Å². The van der Waals surface area contributed by atoms with Gasteiger partial charge in [0.1, 0.15) is 6.33 Å². The highest BCUT2D eigenvalue weighted by Crippen LogP contribution is 2.32. The summed E-state index contributed by atoms with van der Waals surface area (Å²) in [7, 11) is 0. The van der Waals surface area contributed by atoms with Crippen LogP contribution < -0.4 is 0 Å². The van der Waals surface area contributed by atoms with Gasteiger partial charge in [-0.05, 0) is 13.0 Å². The van der Waals surface area contributed by atoms with E-state index in [0.717, 1.165) is 18.0 Å². The van der Waals surface area contributed by atoms with E-state index in [0.29, 0.717) is 0 Å². The van der Waals surface area contributed by atoms with Gasteiger partial charge in [0.25, 0.3) is 0 Å². The number of nitrogens with zero attached hydrogens (tertiary/aromatic N) is 3. The van der Waals surface area contributed by atoms with E-state index in [4.69, 9.17) is 11.6 Å². The first-order valence-electron chi connectivity index (χ1n) is 4.61. The fourth-order valence-corrected chi connectivity index (χ4v) is 1.60. The van der Waals surface area contributed by atoms with E-state index in [2.05, 4.69) is 9.97 Å². The molecular formula is C10H7ClF3N3. The number of aryl methyl sites for hydroxylation is 1. The van der Waals surface area contributed by atoms with Crippen molar-refractivity contribution in [3.63, 3.8) is 0 Å². The van der Waals surface area contributed by atoms with E-state index in [1.807, 2.05) is 0 Å². The number of halogens is 4. The van der Waals surface area contributed by atoms with Crippen molar-refractivity contribution in [2.45, 2.75) is 13.1 Å². The molecule has 0 atom stereocenters. The third-order valence-electron chi connectivity index (χ3n) is 2.20. The SMILES string of the molecule is Cc1cncn1-c1ncc(C(F)(F)F)cc1Cl. The average Bonchev–Trinajstić information content (AvgIpc) is 2.63. The smallest absolute Gasteiger partial charge is 0.286 e. The Morgan fingerprint density at radius 2 is 2.00 bits per heavy atom. The van der Waals surface area contributed by atoms with Gasteiger partial charge in [-0.2, -0.15) is 13.2 Å². The number of pyridine rings is 1. The first-order chi connectivity index (χ1) is 7.89. The fourth-order valence-electron chi connectivity index (χ4n) is 1.35. The zero-order valence-corrected chi connectivity index (χ0v) is 9.42. The fraction of sp³-hybridized carbons (Fsp3) is 0.200. The van der Waals surface area contributed by atoms with Crippen molar-refractivity contribution in [2.75, 3.05) is 0 Å². The maximum Gasteiger partial charge on any atom is 0.417 e. The van der Waals surface area contributed by atoms with Gasteiger partial charge in [-0.25, -0.2) is 9.97 Å². The summed E-state index contributed by atoms with van der Waals surface area (Å²) in [4.78, 5) is 7.57. The molecule has 0 aliphatic heterocycles. The molecule has 0 aliphatic carbocycles. The largest absolute Gasteiger partial charge is 0.417 e. The lowest BCUT2D eigenvalue weighted by Crippen LogP contribution is -2.07. The zero-order chi connectivity index (χ0) is 12.6. The first kappa shape index (κ1) is 11.9. The van der Waals surface area contributed by atoms with Crippen molar-refractivity contribution in [1.29, 1.82) is 0 Å². The van der Waals surface area contributed by atoms with Gasteiger partial charge in [-0.3, -0.25) is 4.57 Å². The van der Waals surface area contributed by atoms with Crippen LogP contribution in [-0.2, 0) is 6.18 Å². The predicted molar refractivity (Wildman–Crippen MR) is 56.1 cm³/mol. The monoisotopic (exact) mass is 261 g/mol. The van der Waals surface area contributed by atoms with E-state index in [9.17, 15) is 13.2 Å². The molecule has 0 radical (unpaired) electrons. The minimum absolute atomic E-state index is 0.0686. The summed E-state index contributed by atoms with van der Waals surface area (Å²) >= 11 is 5.79. The van der Waals surface area contributed by atoms with Gasteiger partial charge >= 0.3 is 6.18 Å².